The van der Waals surface area contributed by atoms with Gasteiger partial charge >= 0.3 is 0 Å². The molecular weight excluding hydrogens is 406 g/mol. The summed E-state index contributed by atoms with van der Waals surface area (Å²) in [7, 11) is -3.06. The molecule has 0 bridgehead atoms. The second kappa shape index (κ2) is 7.16. The van der Waals surface area contributed by atoms with Crippen LogP contribution in [0.2, 0.25) is 5.02 Å². The van der Waals surface area contributed by atoms with Crippen molar-refractivity contribution in [3.63, 3.8) is 0 Å². The van der Waals surface area contributed by atoms with Crippen LogP contribution in [0.25, 0.3) is 26.9 Å². The van der Waals surface area contributed by atoms with Crippen molar-refractivity contribution in [2.45, 2.75) is 44.4 Å². The van der Waals surface area contributed by atoms with Crippen molar-refractivity contribution in [3.05, 3.63) is 58.3 Å². The van der Waals surface area contributed by atoms with Gasteiger partial charge in [-0.3, -0.25) is 4.98 Å². The SMILES string of the molecule is [C-]#[N+]c1cc2c(-c3cncc(C)c3Cl)cn([C@@H]3CC[C@@H](S(C)(=O)=O)C3)c2cc1C. The first-order valence-electron chi connectivity index (χ1n) is 9.52. The number of pyridine rings is 1. The smallest absolute Gasteiger partial charge is 0.190 e. The number of hydrogen-bond donors (Lipinski definition) is 0. The van der Waals surface area contributed by atoms with Crippen LogP contribution in [0.15, 0.2) is 30.7 Å². The van der Waals surface area contributed by atoms with Gasteiger partial charge in [-0.05, 0) is 61.8 Å². The summed E-state index contributed by atoms with van der Waals surface area (Å²) in [6.45, 7) is 11.3. The summed E-state index contributed by atoms with van der Waals surface area (Å²) in [5, 5.41) is 1.28. The van der Waals surface area contributed by atoms with Gasteiger partial charge in [0.15, 0.2) is 5.69 Å². The Balaban J connectivity index is 1.94. The zero-order valence-corrected chi connectivity index (χ0v) is 18.2. The van der Waals surface area contributed by atoms with Crippen molar-refractivity contribution < 1.29 is 8.42 Å². The molecular formula is C22H22ClN3O2S. The van der Waals surface area contributed by atoms with Gasteiger partial charge < -0.3 is 4.57 Å². The van der Waals surface area contributed by atoms with Crippen molar-refractivity contribution in [3.8, 4) is 11.1 Å². The van der Waals surface area contributed by atoms with E-state index in [1.165, 1.54) is 6.26 Å². The molecule has 0 radical (unpaired) electrons. The Hall–Kier alpha value is -2.36. The highest BCUT2D eigenvalue weighted by Crippen LogP contribution is 2.43. The molecule has 7 heteroatoms. The van der Waals surface area contributed by atoms with Gasteiger partial charge in [0.1, 0.15) is 9.84 Å². The van der Waals surface area contributed by atoms with E-state index < -0.39 is 9.84 Å². The second-order valence-corrected chi connectivity index (χ2v) is 10.7. The fourth-order valence-corrected chi connectivity index (χ4v) is 5.66. The molecule has 5 nitrogen and oxygen atoms in total. The standard InChI is InChI=1S/C22H22ClN3O2S/c1-13-7-21-17(9-20(13)24-3)19(18-11-25-10-14(2)22(18)23)12-26(21)15-5-6-16(8-15)29(4,27)28/h7,9-12,15-16H,5-6,8H2,1-2,4H3/t15-,16-/m1/s1. The first kappa shape index (κ1) is 19.9. The third kappa shape index (κ3) is 3.43. The van der Waals surface area contributed by atoms with Gasteiger partial charge in [0, 0.05) is 47.5 Å². The van der Waals surface area contributed by atoms with Crippen molar-refractivity contribution in [2.75, 3.05) is 6.26 Å². The molecule has 2 aromatic heterocycles. The lowest BCUT2D eigenvalue weighted by Gasteiger charge is -2.15. The highest BCUT2D eigenvalue weighted by molar-refractivity contribution is 7.91. The van der Waals surface area contributed by atoms with Crippen LogP contribution in [-0.2, 0) is 9.84 Å². The zero-order valence-electron chi connectivity index (χ0n) is 16.6. The van der Waals surface area contributed by atoms with Crippen molar-refractivity contribution in [2.24, 2.45) is 0 Å². The maximum Gasteiger partial charge on any atom is 0.190 e. The average molecular weight is 428 g/mol. The van der Waals surface area contributed by atoms with Crippen LogP contribution < -0.4 is 0 Å². The highest BCUT2D eigenvalue weighted by atomic mass is 35.5. The first-order valence-corrected chi connectivity index (χ1v) is 11.9. The number of halogens is 1. The van der Waals surface area contributed by atoms with E-state index in [2.05, 4.69) is 20.6 Å². The van der Waals surface area contributed by atoms with Crippen LogP contribution >= 0.6 is 11.6 Å². The van der Waals surface area contributed by atoms with Crippen LogP contribution in [0, 0.1) is 20.4 Å². The Morgan fingerprint density at radius 1 is 1.17 bits per heavy atom. The Morgan fingerprint density at radius 2 is 1.93 bits per heavy atom. The molecule has 0 aliphatic heterocycles. The van der Waals surface area contributed by atoms with Gasteiger partial charge in [-0.25, -0.2) is 13.3 Å². The molecule has 1 aliphatic rings. The molecule has 0 saturated heterocycles. The lowest BCUT2D eigenvalue weighted by atomic mass is 10.0. The molecule has 0 unspecified atom stereocenters. The number of benzene rings is 1. The molecule has 0 amide bonds. The summed E-state index contributed by atoms with van der Waals surface area (Å²) in [6.07, 6.45) is 8.94. The topological polar surface area (TPSA) is 56.3 Å². The van der Waals surface area contributed by atoms with Crippen LogP contribution in [0.4, 0.5) is 5.69 Å². The molecule has 29 heavy (non-hydrogen) atoms. The number of aryl methyl sites for hydroxylation is 2. The van der Waals surface area contributed by atoms with Crippen LogP contribution in [0.5, 0.6) is 0 Å². The van der Waals surface area contributed by atoms with E-state index in [0.29, 0.717) is 23.6 Å². The van der Waals surface area contributed by atoms with Crippen LogP contribution in [0.1, 0.15) is 36.4 Å². The quantitative estimate of drug-likeness (QED) is 0.506. The summed E-state index contributed by atoms with van der Waals surface area (Å²) in [5.74, 6) is 0. The predicted molar refractivity (Wildman–Crippen MR) is 117 cm³/mol. The highest BCUT2D eigenvalue weighted by Gasteiger charge is 2.33. The molecule has 1 fully saturated rings. The third-order valence-corrected chi connectivity index (χ3v) is 8.11. The van der Waals surface area contributed by atoms with Gasteiger partial charge in [0.25, 0.3) is 0 Å². The number of fused-ring (bicyclic) bond motifs is 1. The van der Waals surface area contributed by atoms with Gasteiger partial charge in [-0.2, -0.15) is 0 Å². The minimum Gasteiger partial charge on any atom is -0.344 e. The van der Waals surface area contributed by atoms with E-state index >= 15 is 0 Å². The van der Waals surface area contributed by atoms with Gasteiger partial charge in [0.2, 0.25) is 0 Å². The molecule has 0 N–H and O–H groups in total. The minimum atomic E-state index is -3.06. The molecule has 2 atom stereocenters. The lowest BCUT2D eigenvalue weighted by molar-refractivity contribution is 0.531. The van der Waals surface area contributed by atoms with E-state index in [0.717, 1.165) is 39.6 Å². The Kier molecular flexibility index (Phi) is 4.92. The Bertz CT molecular complexity index is 1270. The molecule has 1 aliphatic carbocycles. The Morgan fingerprint density at radius 3 is 2.59 bits per heavy atom. The van der Waals surface area contributed by atoms with E-state index in [1.54, 1.807) is 12.4 Å². The minimum absolute atomic E-state index is 0.0979. The average Bonchev–Trinajstić information content (AvgIpc) is 3.28. The van der Waals surface area contributed by atoms with E-state index in [-0.39, 0.29) is 11.3 Å². The van der Waals surface area contributed by atoms with Crippen LogP contribution in [-0.4, -0.2) is 29.5 Å². The number of sulfone groups is 1. The summed E-state index contributed by atoms with van der Waals surface area (Å²) in [4.78, 5) is 7.96. The maximum absolute atomic E-state index is 12.1. The predicted octanol–water partition coefficient (Wildman–Crippen LogP) is 5.66. The monoisotopic (exact) mass is 427 g/mol. The summed E-state index contributed by atoms with van der Waals surface area (Å²) >= 11 is 6.60. The van der Waals surface area contributed by atoms with E-state index in [4.69, 9.17) is 18.2 Å². The molecule has 0 spiro atoms. The third-order valence-electron chi connectivity index (χ3n) is 5.97. The molecule has 150 valence electrons. The van der Waals surface area contributed by atoms with Crippen LogP contribution in [0.3, 0.4) is 0 Å². The fourth-order valence-electron chi connectivity index (χ4n) is 4.32. The van der Waals surface area contributed by atoms with E-state index in [9.17, 15) is 8.42 Å². The summed E-state index contributed by atoms with van der Waals surface area (Å²) in [5.41, 5.74) is 5.15. The van der Waals surface area contributed by atoms with Gasteiger partial charge in [0.05, 0.1) is 16.8 Å². The Labute approximate surface area is 176 Å². The molecule has 4 rings (SSSR count). The summed E-state index contributed by atoms with van der Waals surface area (Å²) < 4.78 is 26.3. The molecule has 2 heterocycles. The number of aromatic nitrogens is 2. The summed E-state index contributed by atoms with van der Waals surface area (Å²) in [6, 6.07) is 4.03. The largest absolute Gasteiger partial charge is 0.344 e. The number of hydrogen-bond acceptors (Lipinski definition) is 3. The van der Waals surface area contributed by atoms with Gasteiger partial charge in [-0.15, -0.1) is 0 Å². The zero-order chi connectivity index (χ0) is 20.9. The van der Waals surface area contributed by atoms with Crippen molar-refractivity contribution in [1.82, 2.24) is 9.55 Å². The van der Waals surface area contributed by atoms with Crippen molar-refractivity contribution >= 4 is 38.0 Å². The van der Waals surface area contributed by atoms with Crippen molar-refractivity contribution in [1.29, 1.82) is 0 Å². The molecule has 1 aromatic carbocycles. The van der Waals surface area contributed by atoms with Gasteiger partial charge in [-0.1, -0.05) is 11.6 Å². The maximum atomic E-state index is 12.1. The normalized spacial score (nSPS) is 19.6. The lowest BCUT2D eigenvalue weighted by Crippen LogP contribution is -2.16. The first-order chi connectivity index (χ1) is 13.7. The molecule has 1 saturated carbocycles. The second-order valence-electron chi connectivity index (χ2n) is 7.95. The number of nitrogens with zero attached hydrogens (tertiary/aromatic N) is 3. The molecule has 3 aromatic rings. The number of rotatable bonds is 3. The fraction of sp³-hybridized carbons (Fsp3) is 0.364. The van der Waals surface area contributed by atoms with E-state index in [1.807, 2.05) is 26.0 Å².